The van der Waals surface area contributed by atoms with Crippen LogP contribution in [0.3, 0.4) is 0 Å². The van der Waals surface area contributed by atoms with Crippen molar-refractivity contribution in [3.8, 4) is 0 Å². The summed E-state index contributed by atoms with van der Waals surface area (Å²) in [5.41, 5.74) is -2.16. The molecule has 0 rings (SSSR count). The maximum atomic E-state index is 10.6. The summed E-state index contributed by atoms with van der Waals surface area (Å²) in [5, 5.41) is 0. The van der Waals surface area contributed by atoms with Crippen LogP contribution in [0.5, 0.6) is 0 Å². The molecule has 0 aliphatic carbocycles. The second-order valence-electron chi connectivity index (χ2n) is 6.42. The van der Waals surface area contributed by atoms with Crippen molar-refractivity contribution < 1.29 is 161 Å². The molecule has 0 fully saturated rings. The minimum Gasteiger partial charge on any atom is -0.790 e. The van der Waals surface area contributed by atoms with Gasteiger partial charge in [-0.25, -0.2) is 0 Å². The number of rotatable bonds is 12. The first-order valence-corrected chi connectivity index (χ1v) is 10.1. The predicted octanol–water partition coefficient (Wildman–Crippen LogP) is -12.2. The van der Waals surface area contributed by atoms with Gasteiger partial charge in [0.1, 0.15) is 0 Å². The molecule has 0 amide bonds. The van der Waals surface area contributed by atoms with Gasteiger partial charge in [0.25, 0.3) is 0 Å². The Kier molecular flexibility index (Phi) is 28.5. The van der Waals surface area contributed by atoms with Gasteiger partial charge in [-0.05, 0) is 53.4 Å². The Labute approximate surface area is 250 Å². The Morgan fingerprint density at radius 1 is 0.667 bits per heavy atom. The van der Waals surface area contributed by atoms with E-state index in [2.05, 4.69) is 9.05 Å². The third kappa shape index (κ3) is 30.2. The van der Waals surface area contributed by atoms with E-state index in [1.807, 2.05) is 0 Å². The average molecular weight is 466 g/mol. The molecule has 0 aliphatic heterocycles. The standard InChI is InChI=1S/C12H28O9P2.4Na/c1-11(2,20-22(13,14)15)7-5-9-19-10-6-8-12(3,4)21-23(16,17)18;;;;/h5-10H2,1-4H3,(H2,13,14,15)(H2,16,17,18);;;;/q;4*+1/p-4. The Balaban J connectivity index is -0.000000403. The van der Waals surface area contributed by atoms with Crippen molar-refractivity contribution in [3.63, 3.8) is 0 Å². The van der Waals surface area contributed by atoms with Crippen molar-refractivity contribution >= 4 is 15.6 Å². The molecule has 0 N–H and O–H groups in total. The SMILES string of the molecule is CC(C)(CCCOCCCC(C)(C)OP(=O)([O-])[O-])OP(=O)([O-])[O-].[Na+].[Na+].[Na+].[Na+]. The first kappa shape index (κ1) is 41.4. The fourth-order valence-corrected chi connectivity index (χ4v) is 3.39. The molecular weight excluding hydrogens is 442 g/mol. The molecule has 9 nitrogen and oxygen atoms in total. The Bertz CT molecular complexity index is 414. The third-order valence-electron chi connectivity index (χ3n) is 2.85. The molecule has 140 valence electrons. The summed E-state index contributed by atoms with van der Waals surface area (Å²) in [6, 6.07) is 0. The summed E-state index contributed by atoms with van der Waals surface area (Å²) in [6.07, 6.45) is 1.63. The predicted molar refractivity (Wildman–Crippen MR) is 74.8 cm³/mol. The third-order valence-corrected chi connectivity index (χ3v) is 4.29. The van der Waals surface area contributed by atoms with Gasteiger partial charge in [0.05, 0.1) is 26.8 Å². The molecule has 0 aromatic rings. The van der Waals surface area contributed by atoms with Crippen LogP contribution < -0.4 is 138 Å². The molecule has 0 saturated heterocycles. The molecule has 0 unspecified atom stereocenters. The monoisotopic (exact) mass is 466 g/mol. The second kappa shape index (κ2) is 18.6. The maximum Gasteiger partial charge on any atom is 1.00 e. The second-order valence-corrected chi connectivity index (χ2v) is 8.57. The van der Waals surface area contributed by atoms with E-state index in [9.17, 15) is 28.7 Å². The molecule has 0 aromatic carbocycles. The van der Waals surface area contributed by atoms with Crippen LogP contribution >= 0.6 is 15.6 Å². The molecule has 0 heterocycles. The number of phosphoric ester groups is 2. The van der Waals surface area contributed by atoms with E-state index in [1.165, 1.54) is 27.7 Å². The van der Waals surface area contributed by atoms with Gasteiger partial charge in [0.2, 0.25) is 0 Å². The molecule has 0 radical (unpaired) electrons. The van der Waals surface area contributed by atoms with Crippen LogP contribution in [0.4, 0.5) is 0 Å². The van der Waals surface area contributed by atoms with Crippen molar-refractivity contribution in [2.75, 3.05) is 13.2 Å². The topological polar surface area (TPSA) is 154 Å². The van der Waals surface area contributed by atoms with Gasteiger partial charge >= 0.3 is 118 Å². The van der Waals surface area contributed by atoms with Crippen LogP contribution in [0, 0.1) is 0 Å². The first-order valence-electron chi connectivity index (χ1n) is 7.15. The van der Waals surface area contributed by atoms with Gasteiger partial charge in [-0.15, -0.1) is 0 Å². The van der Waals surface area contributed by atoms with Crippen LogP contribution in [-0.4, -0.2) is 24.4 Å². The van der Waals surface area contributed by atoms with Crippen LogP contribution in [0.25, 0.3) is 0 Å². The molecule has 0 atom stereocenters. The van der Waals surface area contributed by atoms with Gasteiger partial charge in [-0.1, -0.05) is 0 Å². The maximum absolute atomic E-state index is 10.6. The van der Waals surface area contributed by atoms with Crippen molar-refractivity contribution in [1.29, 1.82) is 0 Å². The van der Waals surface area contributed by atoms with Crippen molar-refractivity contribution in [2.45, 2.75) is 64.6 Å². The number of hydrogen-bond donors (Lipinski definition) is 0. The van der Waals surface area contributed by atoms with Crippen molar-refractivity contribution in [3.05, 3.63) is 0 Å². The Hall–Kier alpha value is 4.18. The fraction of sp³-hybridized carbons (Fsp3) is 1.00. The van der Waals surface area contributed by atoms with E-state index in [4.69, 9.17) is 4.74 Å². The fourth-order valence-electron chi connectivity index (χ4n) is 2.00. The van der Waals surface area contributed by atoms with Crippen LogP contribution in [-0.2, 0) is 22.9 Å². The summed E-state index contributed by atoms with van der Waals surface area (Å²) < 4.78 is 35.3. The summed E-state index contributed by atoms with van der Waals surface area (Å²) in [6.45, 7) is 6.66. The molecule has 0 saturated carbocycles. The van der Waals surface area contributed by atoms with Crippen molar-refractivity contribution in [1.82, 2.24) is 0 Å². The molecular formula is C12H24Na4O9P2. The van der Waals surface area contributed by atoms with Crippen LogP contribution in [0.1, 0.15) is 53.4 Å². The Morgan fingerprint density at radius 2 is 0.926 bits per heavy atom. The Morgan fingerprint density at radius 3 is 1.15 bits per heavy atom. The normalized spacial score (nSPS) is 12.1. The van der Waals surface area contributed by atoms with Crippen LogP contribution in [0.2, 0.25) is 0 Å². The van der Waals surface area contributed by atoms with Crippen LogP contribution in [0.15, 0.2) is 0 Å². The molecule has 0 aromatic heterocycles. The van der Waals surface area contributed by atoms with Gasteiger partial charge in [0.15, 0.2) is 0 Å². The molecule has 0 spiro atoms. The summed E-state index contributed by atoms with van der Waals surface area (Å²) in [4.78, 5) is 42.2. The number of phosphoric acid groups is 2. The van der Waals surface area contributed by atoms with E-state index >= 15 is 0 Å². The largest absolute Gasteiger partial charge is 1.00 e. The smallest absolute Gasteiger partial charge is 0.790 e. The van der Waals surface area contributed by atoms with E-state index in [1.54, 1.807) is 0 Å². The summed E-state index contributed by atoms with van der Waals surface area (Å²) >= 11 is 0. The van der Waals surface area contributed by atoms with Gasteiger partial charge in [-0.2, -0.15) is 0 Å². The van der Waals surface area contributed by atoms with Gasteiger partial charge in [0, 0.05) is 13.2 Å². The zero-order chi connectivity index (χ0) is 18.4. The molecule has 15 heteroatoms. The zero-order valence-electron chi connectivity index (χ0n) is 17.8. The molecule has 27 heavy (non-hydrogen) atoms. The number of ether oxygens (including phenoxy) is 1. The quantitative estimate of drug-likeness (QED) is 0.155. The van der Waals surface area contributed by atoms with E-state index in [-0.39, 0.29) is 118 Å². The summed E-state index contributed by atoms with van der Waals surface area (Å²) in [5.74, 6) is 0. The average Bonchev–Trinajstić information content (AvgIpc) is 2.20. The van der Waals surface area contributed by atoms with E-state index in [0.29, 0.717) is 38.9 Å². The first-order chi connectivity index (χ1) is 10.1. The molecule has 0 aliphatic rings. The molecule has 0 bridgehead atoms. The minimum absolute atomic E-state index is 0. The van der Waals surface area contributed by atoms with Gasteiger partial charge < -0.3 is 42.5 Å². The zero-order valence-corrected chi connectivity index (χ0v) is 27.6. The minimum atomic E-state index is -5.02. The van der Waals surface area contributed by atoms with E-state index in [0.717, 1.165) is 0 Å². The summed E-state index contributed by atoms with van der Waals surface area (Å²) in [7, 11) is -10.0. The van der Waals surface area contributed by atoms with E-state index < -0.39 is 26.8 Å². The van der Waals surface area contributed by atoms with Gasteiger partial charge in [-0.3, -0.25) is 0 Å². The van der Waals surface area contributed by atoms with Crippen molar-refractivity contribution in [2.24, 2.45) is 0 Å². The number of hydrogen-bond acceptors (Lipinski definition) is 9.